The minimum atomic E-state index is 0.390. The number of hydrogen-bond donors (Lipinski definition) is 1. The van der Waals surface area contributed by atoms with Gasteiger partial charge in [-0.05, 0) is 6.07 Å². The van der Waals surface area contributed by atoms with Crippen LogP contribution in [0.4, 0.5) is 0 Å². The van der Waals surface area contributed by atoms with Crippen LogP contribution in [0.5, 0.6) is 0 Å². The minimum Gasteiger partial charge on any atom is -0.365 e. The summed E-state index contributed by atoms with van der Waals surface area (Å²) in [7, 11) is 0. The van der Waals surface area contributed by atoms with Crippen molar-refractivity contribution in [3.63, 3.8) is 0 Å². The highest BCUT2D eigenvalue weighted by Crippen LogP contribution is 1.95. The quantitative estimate of drug-likeness (QED) is 0.568. The average molecular weight is 135 g/mol. The fourth-order valence-corrected chi connectivity index (χ4v) is 0.791. The molecular formula is C6H5N3O. The van der Waals surface area contributed by atoms with Crippen LogP contribution in [0.3, 0.4) is 0 Å². The molecule has 0 amide bonds. The fraction of sp³-hybridized carbons (Fsp3) is 0. The molecule has 0 bridgehead atoms. The molecule has 0 atom stereocenters. The molecule has 0 fully saturated rings. The standard InChI is InChI=1S/C6H5N3O/c7-5-3-6-1-2-10-9(6)8-4-5/h1-4,7H. The van der Waals surface area contributed by atoms with Crippen molar-refractivity contribution in [2.75, 3.05) is 0 Å². The number of rotatable bonds is 0. The number of nitrogens with zero attached hydrogens (tertiary/aromatic N) is 2. The van der Waals surface area contributed by atoms with Gasteiger partial charge in [-0.2, -0.15) is 0 Å². The number of aromatic nitrogens is 2. The second-order valence-electron chi connectivity index (χ2n) is 1.95. The Bertz CT molecular complexity index is 400. The van der Waals surface area contributed by atoms with Gasteiger partial charge in [0, 0.05) is 6.07 Å². The number of hydrogen-bond acceptors (Lipinski definition) is 3. The van der Waals surface area contributed by atoms with Crippen LogP contribution in [0.2, 0.25) is 0 Å². The van der Waals surface area contributed by atoms with Crippen LogP contribution < -0.4 is 5.36 Å². The van der Waals surface area contributed by atoms with Gasteiger partial charge in [0.05, 0.1) is 11.6 Å². The molecule has 4 heteroatoms. The second kappa shape index (κ2) is 1.70. The van der Waals surface area contributed by atoms with E-state index in [0.29, 0.717) is 5.36 Å². The van der Waals surface area contributed by atoms with E-state index in [2.05, 4.69) is 5.10 Å². The first-order valence-electron chi connectivity index (χ1n) is 2.84. The van der Waals surface area contributed by atoms with Crippen molar-refractivity contribution in [2.24, 2.45) is 0 Å². The van der Waals surface area contributed by atoms with Crippen LogP contribution in [0, 0.1) is 5.41 Å². The first-order chi connectivity index (χ1) is 4.86. The molecule has 0 aliphatic carbocycles. The van der Waals surface area contributed by atoms with Crippen LogP contribution in [-0.4, -0.2) is 9.79 Å². The predicted molar refractivity (Wildman–Crippen MR) is 33.3 cm³/mol. The molecule has 0 aliphatic rings. The van der Waals surface area contributed by atoms with Gasteiger partial charge in [0.2, 0.25) is 0 Å². The third-order valence-electron chi connectivity index (χ3n) is 1.23. The van der Waals surface area contributed by atoms with Crippen molar-refractivity contribution in [2.45, 2.75) is 0 Å². The van der Waals surface area contributed by atoms with Gasteiger partial charge in [-0.15, -0.1) is 5.10 Å². The largest absolute Gasteiger partial charge is 0.365 e. The Labute approximate surface area is 56.2 Å². The highest BCUT2D eigenvalue weighted by Gasteiger charge is 1.90. The molecule has 0 unspecified atom stereocenters. The maximum atomic E-state index is 7.20. The summed E-state index contributed by atoms with van der Waals surface area (Å²) in [5.74, 6) is 0. The zero-order valence-electron chi connectivity index (χ0n) is 5.11. The summed E-state index contributed by atoms with van der Waals surface area (Å²) in [6.45, 7) is 0. The van der Waals surface area contributed by atoms with Crippen LogP contribution in [0.15, 0.2) is 29.1 Å². The molecule has 4 nitrogen and oxygen atoms in total. The molecule has 0 spiro atoms. The molecule has 2 aromatic heterocycles. The Morgan fingerprint density at radius 1 is 1.60 bits per heavy atom. The Balaban J connectivity index is 2.99. The van der Waals surface area contributed by atoms with Crippen LogP contribution in [0.25, 0.3) is 5.52 Å². The van der Waals surface area contributed by atoms with Crippen molar-refractivity contribution in [3.8, 4) is 0 Å². The van der Waals surface area contributed by atoms with E-state index in [0.717, 1.165) is 5.52 Å². The highest BCUT2D eigenvalue weighted by atomic mass is 16.5. The summed E-state index contributed by atoms with van der Waals surface area (Å²) < 4.78 is 6.25. The summed E-state index contributed by atoms with van der Waals surface area (Å²) in [6, 6.07) is 3.43. The Kier molecular flexibility index (Phi) is 0.887. The smallest absolute Gasteiger partial charge is 0.124 e. The van der Waals surface area contributed by atoms with E-state index < -0.39 is 0 Å². The molecular weight excluding hydrogens is 130 g/mol. The summed E-state index contributed by atoms with van der Waals surface area (Å²) in [5, 5.41) is 11.4. The van der Waals surface area contributed by atoms with Gasteiger partial charge in [-0.1, -0.05) is 4.69 Å². The van der Waals surface area contributed by atoms with E-state index in [4.69, 9.17) is 9.93 Å². The van der Waals surface area contributed by atoms with Crippen molar-refractivity contribution in [1.82, 2.24) is 9.79 Å². The zero-order valence-corrected chi connectivity index (χ0v) is 5.11. The van der Waals surface area contributed by atoms with Crippen molar-refractivity contribution >= 4 is 5.52 Å². The topological polar surface area (TPSA) is 54.3 Å². The lowest BCUT2D eigenvalue weighted by Gasteiger charge is -1.86. The van der Waals surface area contributed by atoms with Crippen LogP contribution in [0.1, 0.15) is 0 Å². The number of fused-ring (bicyclic) bond motifs is 1. The Morgan fingerprint density at radius 3 is 3.40 bits per heavy atom. The fourth-order valence-electron chi connectivity index (χ4n) is 0.791. The maximum absolute atomic E-state index is 7.20. The molecule has 0 aromatic carbocycles. The van der Waals surface area contributed by atoms with E-state index in [-0.39, 0.29) is 0 Å². The molecule has 0 saturated heterocycles. The molecule has 0 aliphatic heterocycles. The van der Waals surface area contributed by atoms with Gasteiger partial charge >= 0.3 is 0 Å². The maximum Gasteiger partial charge on any atom is 0.124 e. The van der Waals surface area contributed by atoms with Gasteiger partial charge < -0.3 is 4.52 Å². The predicted octanol–water partition coefficient (Wildman–Crippen LogP) is 0.407. The monoisotopic (exact) mass is 135 g/mol. The van der Waals surface area contributed by atoms with E-state index >= 15 is 0 Å². The third-order valence-corrected chi connectivity index (χ3v) is 1.23. The first-order valence-corrected chi connectivity index (χ1v) is 2.84. The van der Waals surface area contributed by atoms with Gasteiger partial charge in [0.25, 0.3) is 0 Å². The first kappa shape index (κ1) is 5.22. The zero-order chi connectivity index (χ0) is 6.97. The molecule has 2 heterocycles. The van der Waals surface area contributed by atoms with Gasteiger partial charge in [0.15, 0.2) is 0 Å². The van der Waals surface area contributed by atoms with Crippen LogP contribution >= 0.6 is 0 Å². The lowest BCUT2D eigenvalue weighted by Crippen LogP contribution is -2.01. The lowest BCUT2D eigenvalue weighted by molar-refractivity contribution is 0.333. The minimum absolute atomic E-state index is 0.390. The van der Waals surface area contributed by atoms with Gasteiger partial charge in [0.1, 0.15) is 11.8 Å². The van der Waals surface area contributed by atoms with E-state index in [9.17, 15) is 0 Å². The summed E-state index contributed by atoms with van der Waals surface area (Å²) >= 11 is 0. The van der Waals surface area contributed by atoms with Crippen molar-refractivity contribution < 1.29 is 4.52 Å². The van der Waals surface area contributed by atoms with E-state index in [1.807, 2.05) is 0 Å². The summed E-state index contributed by atoms with van der Waals surface area (Å²) in [6.07, 6.45) is 2.96. The van der Waals surface area contributed by atoms with Crippen LogP contribution in [-0.2, 0) is 0 Å². The molecule has 0 radical (unpaired) electrons. The average Bonchev–Trinajstić information content (AvgIpc) is 2.33. The second-order valence-corrected chi connectivity index (χ2v) is 1.95. The molecule has 1 N–H and O–H groups in total. The molecule has 50 valence electrons. The van der Waals surface area contributed by atoms with Crippen molar-refractivity contribution in [3.05, 3.63) is 29.9 Å². The van der Waals surface area contributed by atoms with Crippen molar-refractivity contribution in [1.29, 1.82) is 5.41 Å². The number of nitrogens with one attached hydrogen (secondary N) is 1. The van der Waals surface area contributed by atoms with Gasteiger partial charge in [-0.3, -0.25) is 5.41 Å². The van der Waals surface area contributed by atoms with Gasteiger partial charge in [-0.25, -0.2) is 0 Å². The molecule has 10 heavy (non-hydrogen) atoms. The third kappa shape index (κ3) is 0.621. The molecule has 2 aromatic rings. The Morgan fingerprint density at radius 2 is 2.50 bits per heavy atom. The highest BCUT2D eigenvalue weighted by molar-refractivity contribution is 5.41. The molecule has 2 rings (SSSR count). The lowest BCUT2D eigenvalue weighted by atomic mass is 10.4. The normalized spacial score (nSPS) is 10.4. The summed E-state index contributed by atoms with van der Waals surface area (Å²) in [4.78, 5) is 0. The van der Waals surface area contributed by atoms with E-state index in [1.165, 1.54) is 17.1 Å². The molecule has 0 saturated carbocycles. The Hall–Kier alpha value is -1.58. The summed E-state index contributed by atoms with van der Waals surface area (Å²) in [5.41, 5.74) is 0.799. The van der Waals surface area contributed by atoms with E-state index in [1.54, 1.807) is 12.1 Å². The SMILES string of the molecule is N=c1cnn2occc2c1.